The van der Waals surface area contributed by atoms with Crippen molar-refractivity contribution in [2.75, 3.05) is 47.2 Å². The van der Waals surface area contributed by atoms with E-state index in [9.17, 15) is 0 Å². The molecule has 120 valence electrons. The third-order valence-corrected chi connectivity index (χ3v) is 2.93. The van der Waals surface area contributed by atoms with Gasteiger partial charge in [-0.1, -0.05) is 6.07 Å². The third-order valence-electron chi connectivity index (χ3n) is 2.93. The molecule has 0 spiro atoms. The van der Waals surface area contributed by atoms with Crippen LogP contribution in [0.25, 0.3) is 0 Å². The zero-order valence-electron chi connectivity index (χ0n) is 13.3. The van der Waals surface area contributed by atoms with Crippen LogP contribution in [0.5, 0.6) is 11.5 Å². The number of nitrogens with one attached hydrogen (secondary N) is 1. The van der Waals surface area contributed by atoms with E-state index in [4.69, 9.17) is 18.9 Å². The Labute approximate surface area is 127 Å². The first-order valence-electron chi connectivity index (χ1n) is 7.39. The highest BCUT2D eigenvalue weighted by Crippen LogP contribution is 2.28. The van der Waals surface area contributed by atoms with Crippen molar-refractivity contribution in [3.8, 4) is 11.5 Å². The lowest BCUT2D eigenvalue weighted by molar-refractivity contribution is 0.130. The first kappa shape index (κ1) is 17.8. The van der Waals surface area contributed by atoms with Gasteiger partial charge in [0.25, 0.3) is 0 Å². The van der Waals surface area contributed by atoms with Crippen LogP contribution in [-0.4, -0.2) is 47.2 Å². The van der Waals surface area contributed by atoms with E-state index in [1.54, 1.807) is 14.2 Å². The number of rotatable bonds is 12. The molecule has 1 aromatic carbocycles. The van der Waals surface area contributed by atoms with Crippen molar-refractivity contribution in [3.63, 3.8) is 0 Å². The van der Waals surface area contributed by atoms with E-state index in [0.717, 1.165) is 49.8 Å². The minimum Gasteiger partial charge on any atom is -0.493 e. The van der Waals surface area contributed by atoms with E-state index in [1.807, 2.05) is 25.1 Å². The highest BCUT2D eigenvalue weighted by Gasteiger charge is 2.05. The summed E-state index contributed by atoms with van der Waals surface area (Å²) in [6.45, 7) is 6.40. The van der Waals surface area contributed by atoms with Crippen LogP contribution < -0.4 is 14.8 Å². The quantitative estimate of drug-likeness (QED) is 0.600. The lowest BCUT2D eigenvalue weighted by atomic mass is 10.2. The molecular weight excluding hydrogens is 270 g/mol. The summed E-state index contributed by atoms with van der Waals surface area (Å²) < 4.78 is 21.4. The molecule has 0 fully saturated rings. The number of hydrogen-bond donors (Lipinski definition) is 1. The average Bonchev–Trinajstić information content (AvgIpc) is 2.52. The van der Waals surface area contributed by atoms with Crippen molar-refractivity contribution in [1.29, 1.82) is 0 Å². The molecule has 5 nitrogen and oxygen atoms in total. The Bertz CT molecular complexity index is 385. The highest BCUT2D eigenvalue weighted by molar-refractivity contribution is 5.42. The highest BCUT2D eigenvalue weighted by atomic mass is 16.5. The van der Waals surface area contributed by atoms with Gasteiger partial charge in [-0.3, -0.25) is 0 Å². The smallest absolute Gasteiger partial charge is 0.161 e. The van der Waals surface area contributed by atoms with E-state index in [-0.39, 0.29) is 0 Å². The van der Waals surface area contributed by atoms with Gasteiger partial charge in [0, 0.05) is 39.8 Å². The first-order chi connectivity index (χ1) is 10.3. The Morgan fingerprint density at radius 3 is 2.62 bits per heavy atom. The van der Waals surface area contributed by atoms with Crippen LogP contribution in [0, 0.1) is 0 Å². The molecule has 5 heteroatoms. The molecule has 0 saturated heterocycles. The maximum atomic E-state index is 5.73. The monoisotopic (exact) mass is 297 g/mol. The second-order valence-electron chi connectivity index (χ2n) is 4.55. The summed E-state index contributed by atoms with van der Waals surface area (Å²) in [7, 11) is 3.35. The van der Waals surface area contributed by atoms with Gasteiger partial charge >= 0.3 is 0 Å². The van der Waals surface area contributed by atoms with Gasteiger partial charge in [0.1, 0.15) is 0 Å². The minimum atomic E-state index is 0.627. The topological polar surface area (TPSA) is 49.0 Å². The van der Waals surface area contributed by atoms with Crippen molar-refractivity contribution >= 4 is 0 Å². The van der Waals surface area contributed by atoms with Gasteiger partial charge in [0.15, 0.2) is 11.5 Å². The molecule has 21 heavy (non-hydrogen) atoms. The van der Waals surface area contributed by atoms with E-state index < -0.39 is 0 Å². The average molecular weight is 297 g/mol. The molecule has 0 amide bonds. The molecule has 0 aliphatic heterocycles. The van der Waals surface area contributed by atoms with Crippen molar-refractivity contribution < 1.29 is 18.9 Å². The molecule has 1 rings (SSSR count). The summed E-state index contributed by atoms with van der Waals surface area (Å²) in [5.41, 5.74) is 1.16. The van der Waals surface area contributed by atoms with E-state index in [1.165, 1.54) is 0 Å². The normalized spacial score (nSPS) is 10.6. The maximum Gasteiger partial charge on any atom is 0.161 e. The van der Waals surface area contributed by atoms with Crippen molar-refractivity contribution in [1.82, 2.24) is 5.32 Å². The van der Waals surface area contributed by atoms with Crippen LogP contribution in [0.15, 0.2) is 18.2 Å². The predicted molar refractivity (Wildman–Crippen MR) is 83.2 cm³/mol. The largest absolute Gasteiger partial charge is 0.493 e. The van der Waals surface area contributed by atoms with E-state index >= 15 is 0 Å². The standard InChI is InChI=1S/C16H27NO4/c1-4-20-9-5-10-21-15-7-6-14(12-16(15)19-3)13-17-8-11-18-2/h6-7,12,17H,4-5,8-11,13H2,1-3H3. The number of benzene rings is 1. The van der Waals surface area contributed by atoms with Gasteiger partial charge in [0.2, 0.25) is 0 Å². The molecular formula is C16H27NO4. The molecule has 1 N–H and O–H groups in total. The first-order valence-corrected chi connectivity index (χ1v) is 7.39. The van der Waals surface area contributed by atoms with E-state index in [0.29, 0.717) is 13.2 Å². The number of methoxy groups -OCH3 is 2. The van der Waals surface area contributed by atoms with Crippen molar-refractivity contribution in [2.45, 2.75) is 19.9 Å². The Morgan fingerprint density at radius 1 is 1.05 bits per heavy atom. The van der Waals surface area contributed by atoms with Crippen LogP contribution in [-0.2, 0) is 16.0 Å². The molecule has 0 aromatic heterocycles. The van der Waals surface area contributed by atoms with Crippen LogP contribution >= 0.6 is 0 Å². The van der Waals surface area contributed by atoms with Crippen LogP contribution in [0.3, 0.4) is 0 Å². The zero-order chi connectivity index (χ0) is 15.3. The Balaban J connectivity index is 2.42. The van der Waals surface area contributed by atoms with Crippen molar-refractivity contribution in [2.24, 2.45) is 0 Å². The lowest BCUT2D eigenvalue weighted by Gasteiger charge is -2.12. The molecule has 0 radical (unpaired) electrons. The summed E-state index contributed by atoms with van der Waals surface area (Å²) >= 11 is 0. The SMILES string of the molecule is CCOCCCOc1ccc(CNCCOC)cc1OC. The second kappa shape index (κ2) is 11.4. The fourth-order valence-corrected chi connectivity index (χ4v) is 1.84. The summed E-state index contributed by atoms with van der Waals surface area (Å²) in [6.07, 6.45) is 0.872. The molecule has 0 unspecified atom stereocenters. The van der Waals surface area contributed by atoms with Crippen LogP contribution in [0.1, 0.15) is 18.9 Å². The lowest BCUT2D eigenvalue weighted by Crippen LogP contribution is -2.18. The summed E-state index contributed by atoms with van der Waals surface area (Å²) in [4.78, 5) is 0. The molecule has 0 atom stereocenters. The van der Waals surface area contributed by atoms with Crippen molar-refractivity contribution in [3.05, 3.63) is 23.8 Å². The molecule has 1 aromatic rings. The molecule has 0 bridgehead atoms. The van der Waals surface area contributed by atoms with Gasteiger partial charge in [-0.25, -0.2) is 0 Å². The summed E-state index contributed by atoms with van der Waals surface area (Å²) in [5.74, 6) is 1.53. The van der Waals surface area contributed by atoms with Crippen LogP contribution in [0.4, 0.5) is 0 Å². The van der Waals surface area contributed by atoms with Gasteiger partial charge in [-0.05, 0) is 24.6 Å². The van der Waals surface area contributed by atoms with E-state index in [2.05, 4.69) is 5.32 Å². The van der Waals surface area contributed by atoms with Gasteiger partial charge in [-0.15, -0.1) is 0 Å². The molecule has 0 aliphatic carbocycles. The predicted octanol–water partition coefficient (Wildman–Crippen LogP) is 2.24. The Hall–Kier alpha value is -1.30. The Kier molecular flexibility index (Phi) is 9.61. The summed E-state index contributed by atoms with van der Waals surface area (Å²) in [5, 5.41) is 3.30. The van der Waals surface area contributed by atoms with Gasteiger partial charge in [0.05, 0.1) is 20.3 Å². The van der Waals surface area contributed by atoms with Gasteiger partial charge < -0.3 is 24.3 Å². The molecule has 0 saturated carbocycles. The number of hydrogen-bond acceptors (Lipinski definition) is 5. The number of ether oxygens (including phenoxy) is 4. The maximum absolute atomic E-state index is 5.73. The fraction of sp³-hybridized carbons (Fsp3) is 0.625. The molecule has 0 heterocycles. The molecule has 0 aliphatic rings. The fourth-order valence-electron chi connectivity index (χ4n) is 1.84. The second-order valence-corrected chi connectivity index (χ2v) is 4.55. The zero-order valence-corrected chi connectivity index (χ0v) is 13.3. The van der Waals surface area contributed by atoms with Crippen LogP contribution in [0.2, 0.25) is 0 Å². The minimum absolute atomic E-state index is 0.627. The Morgan fingerprint density at radius 2 is 1.90 bits per heavy atom. The van der Waals surface area contributed by atoms with Gasteiger partial charge in [-0.2, -0.15) is 0 Å². The summed E-state index contributed by atoms with van der Waals surface area (Å²) in [6, 6.07) is 5.99. The third kappa shape index (κ3) is 7.32.